The molecule has 1 amide bonds. The van der Waals surface area contributed by atoms with Crippen molar-refractivity contribution in [3.63, 3.8) is 0 Å². The molecule has 1 heterocycles. The fourth-order valence-corrected chi connectivity index (χ4v) is 3.96. The molecule has 0 N–H and O–H groups in total. The molecule has 0 unspecified atom stereocenters. The molecule has 1 saturated heterocycles. The van der Waals surface area contributed by atoms with Crippen LogP contribution in [0.5, 0.6) is 0 Å². The minimum atomic E-state index is 0.182. The summed E-state index contributed by atoms with van der Waals surface area (Å²) >= 11 is 1.94. The second kappa shape index (κ2) is 6.17. The SMILES string of the molecule is CC1=C(/C=C/C(=O)N2CCSCC2)C(C)(C)CCC1. The van der Waals surface area contributed by atoms with E-state index >= 15 is 0 Å². The lowest BCUT2D eigenvalue weighted by Gasteiger charge is -2.33. The summed E-state index contributed by atoms with van der Waals surface area (Å²) in [6, 6.07) is 0. The summed E-state index contributed by atoms with van der Waals surface area (Å²) in [6.45, 7) is 8.59. The Bertz CT molecular complexity index is 403. The molecule has 1 aliphatic heterocycles. The van der Waals surface area contributed by atoms with Gasteiger partial charge in [0.2, 0.25) is 5.91 Å². The minimum absolute atomic E-state index is 0.182. The van der Waals surface area contributed by atoms with Crippen LogP contribution in [0.25, 0.3) is 0 Å². The van der Waals surface area contributed by atoms with Crippen molar-refractivity contribution in [3.05, 3.63) is 23.3 Å². The number of nitrogens with zero attached hydrogens (tertiary/aromatic N) is 1. The molecule has 2 nitrogen and oxygen atoms in total. The van der Waals surface area contributed by atoms with Gasteiger partial charge >= 0.3 is 0 Å². The Kier molecular flexibility index (Phi) is 4.77. The first-order chi connectivity index (χ1) is 9.00. The average Bonchev–Trinajstić information content (AvgIpc) is 2.38. The van der Waals surface area contributed by atoms with Gasteiger partial charge in [-0.05, 0) is 37.2 Å². The van der Waals surface area contributed by atoms with E-state index in [1.54, 1.807) is 6.08 Å². The maximum absolute atomic E-state index is 12.2. The van der Waals surface area contributed by atoms with Crippen molar-refractivity contribution >= 4 is 17.7 Å². The normalized spacial score (nSPS) is 24.1. The molecule has 106 valence electrons. The summed E-state index contributed by atoms with van der Waals surface area (Å²) in [7, 11) is 0. The molecular weight excluding hydrogens is 254 g/mol. The molecule has 2 rings (SSSR count). The predicted molar refractivity (Wildman–Crippen MR) is 83.4 cm³/mol. The second-order valence-electron chi connectivity index (χ2n) is 6.20. The van der Waals surface area contributed by atoms with E-state index in [0.717, 1.165) is 24.6 Å². The lowest BCUT2D eigenvalue weighted by Crippen LogP contribution is -2.36. The Balaban J connectivity index is 2.06. The summed E-state index contributed by atoms with van der Waals surface area (Å²) in [5.41, 5.74) is 3.05. The third-order valence-corrected chi connectivity index (χ3v) is 5.20. The molecule has 3 heteroatoms. The van der Waals surface area contributed by atoms with Crippen molar-refractivity contribution in [1.29, 1.82) is 0 Å². The van der Waals surface area contributed by atoms with E-state index in [4.69, 9.17) is 0 Å². The molecule has 0 radical (unpaired) electrons. The van der Waals surface area contributed by atoms with Crippen LogP contribution < -0.4 is 0 Å². The highest BCUT2D eigenvalue weighted by Crippen LogP contribution is 2.40. The monoisotopic (exact) mass is 279 g/mol. The van der Waals surface area contributed by atoms with Gasteiger partial charge in [-0.1, -0.05) is 25.5 Å². The molecule has 0 spiro atoms. The van der Waals surface area contributed by atoms with Crippen molar-refractivity contribution in [3.8, 4) is 0 Å². The Morgan fingerprint density at radius 2 is 2.00 bits per heavy atom. The molecule has 0 aromatic carbocycles. The second-order valence-corrected chi connectivity index (χ2v) is 7.43. The summed E-state index contributed by atoms with van der Waals surface area (Å²) in [5, 5.41) is 0. The van der Waals surface area contributed by atoms with Crippen LogP contribution in [0.3, 0.4) is 0 Å². The van der Waals surface area contributed by atoms with E-state index in [9.17, 15) is 4.79 Å². The van der Waals surface area contributed by atoms with Crippen LogP contribution in [-0.2, 0) is 4.79 Å². The van der Waals surface area contributed by atoms with Gasteiger partial charge in [-0.15, -0.1) is 0 Å². The van der Waals surface area contributed by atoms with Gasteiger partial charge < -0.3 is 4.90 Å². The number of carbonyl (C=O) groups excluding carboxylic acids is 1. The molecule has 2 aliphatic rings. The van der Waals surface area contributed by atoms with Gasteiger partial charge in [-0.25, -0.2) is 0 Å². The van der Waals surface area contributed by atoms with E-state index < -0.39 is 0 Å². The quantitative estimate of drug-likeness (QED) is 0.719. The standard InChI is InChI=1S/C16H25NOS/c1-13-5-4-8-16(2,3)14(13)6-7-15(18)17-9-11-19-12-10-17/h6-7H,4-5,8-12H2,1-3H3/b7-6+. The molecule has 0 bridgehead atoms. The van der Waals surface area contributed by atoms with Crippen LogP contribution in [0.1, 0.15) is 40.0 Å². The maximum Gasteiger partial charge on any atom is 0.246 e. The molecule has 0 aromatic heterocycles. The summed E-state index contributed by atoms with van der Waals surface area (Å²) in [6.07, 6.45) is 7.55. The van der Waals surface area contributed by atoms with E-state index in [1.165, 1.54) is 30.4 Å². The lowest BCUT2D eigenvalue weighted by atomic mass is 9.72. The van der Waals surface area contributed by atoms with Gasteiger partial charge in [0.05, 0.1) is 0 Å². The number of rotatable bonds is 2. The highest BCUT2D eigenvalue weighted by atomic mass is 32.2. The van der Waals surface area contributed by atoms with Gasteiger partial charge in [-0.2, -0.15) is 11.8 Å². The smallest absolute Gasteiger partial charge is 0.246 e. The minimum Gasteiger partial charge on any atom is -0.338 e. The maximum atomic E-state index is 12.2. The van der Waals surface area contributed by atoms with E-state index in [-0.39, 0.29) is 11.3 Å². The van der Waals surface area contributed by atoms with Gasteiger partial charge in [0.15, 0.2) is 0 Å². The molecule has 1 fully saturated rings. The summed E-state index contributed by atoms with van der Waals surface area (Å²) in [4.78, 5) is 14.1. The highest BCUT2D eigenvalue weighted by molar-refractivity contribution is 7.99. The van der Waals surface area contributed by atoms with Crippen LogP contribution in [0.2, 0.25) is 0 Å². The number of allylic oxidation sites excluding steroid dienone is 3. The number of hydrogen-bond donors (Lipinski definition) is 0. The van der Waals surface area contributed by atoms with Crippen molar-refractivity contribution < 1.29 is 4.79 Å². The van der Waals surface area contributed by atoms with Crippen LogP contribution >= 0.6 is 11.8 Å². The lowest BCUT2D eigenvalue weighted by molar-refractivity contribution is -0.125. The van der Waals surface area contributed by atoms with Gasteiger partial charge in [0.1, 0.15) is 0 Å². The number of thioether (sulfide) groups is 1. The zero-order valence-corrected chi connectivity index (χ0v) is 13.2. The number of amides is 1. The van der Waals surface area contributed by atoms with Crippen LogP contribution in [0.15, 0.2) is 23.3 Å². The van der Waals surface area contributed by atoms with Crippen LogP contribution in [0, 0.1) is 5.41 Å². The Hall–Kier alpha value is -0.700. The Labute approximate surface area is 121 Å². The largest absolute Gasteiger partial charge is 0.338 e. The fraction of sp³-hybridized carbons (Fsp3) is 0.688. The Morgan fingerprint density at radius 1 is 1.32 bits per heavy atom. The van der Waals surface area contributed by atoms with Gasteiger partial charge in [0.25, 0.3) is 0 Å². The zero-order chi connectivity index (χ0) is 13.9. The summed E-state index contributed by atoms with van der Waals surface area (Å²) < 4.78 is 0. The van der Waals surface area contributed by atoms with Crippen LogP contribution in [0.4, 0.5) is 0 Å². The number of hydrogen-bond acceptors (Lipinski definition) is 2. The Morgan fingerprint density at radius 3 is 2.63 bits per heavy atom. The first-order valence-corrected chi connectivity index (χ1v) is 8.41. The average molecular weight is 279 g/mol. The highest BCUT2D eigenvalue weighted by Gasteiger charge is 2.26. The molecule has 0 aromatic rings. The molecular formula is C16H25NOS. The third kappa shape index (κ3) is 3.65. The topological polar surface area (TPSA) is 20.3 Å². The fourth-order valence-electron chi connectivity index (χ4n) is 3.05. The molecule has 0 saturated carbocycles. The van der Waals surface area contributed by atoms with E-state index in [1.807, 2.05) is 16.7 Å². The first-order valence-electron chi connectivity index (χ1n) is 7.26. The summed E-state index contributed by atoms with van der Waals surface area (Å²) in [5.74, 6) is 2.33. The van der Waals surface area contributed by atoms with E-state index in [0.29, 0.717) is 0 Å². The van der Waals surface area contributed by atoms with Gasteiger partial charge in [-0.3, -0.25) is 4.79 Å². The van der Waals surface area contributed by atoms with Crippen LogP contribution in [-0.4, -0.2) is 35.4 Å². The van der Waals surface area contributed by atoms with Gasteiger partial charge in [0, 0.05) is 30.7 Å². The van der Waals surface area contributed by atoms with Crippen molar-refractivity contribution in [2.75, 3.05) is 24.6 Å². The predicted octanol–water partition coefficient (Wildman–Crippen LogP) is 3.64. The van der Waals surface area contributed by atoms with Crippen molar-refractivity contribution in [2.45, 2.75) is 40.0 Å². The third-order valence-electron chi connectivity index (χ3n) is 4.26. The van der Waals surface area contributed by atoms with Crippen molar-refractivity contribution in [1.82, 2.24) is 4.90 Å². The number of carbonyl (C=O) groups is 1. The molecule has 1 aliphatic carbocycles. The molecule has 19 heavy (non-hydrogen) atoms. The first kappa shape index (κ1) is 14.7. The van der Waals surface area contributed by atoms with Crippen molar-refractivity contribution in [2.24, 2.45) is 5.41 Å². The van der Waals surface area contributed by atoms with E-state index in [2.05, 4.69) is 26.8 Å². The zero-order valence-electron chi connectivity index (χ0n) is 12.4. The molecule has 0 atom stereocenters.